The van der Waals surface area contributed by atoms with Crippen molar-refractivity contribution in [2.24, 2.45) is 0 Å². The molecule has 5 nitrogen and oxygen atoms in total. The highest BCUT2D eigenvalue weighted by atomic mass is 16.7. The van der Waals surface area contributed by atoms with Crippen molar-refractivity contribution in [3.05, 3.63) is 23.5 Å². The van der Waals surface area contributed by atoms with Crippen molar-refractivity contribution in [1.29, 1.82) is 0 Å². The van der Waals surface area contributed by atoms with Gasteiger partial charge in [0.15, 0.2) is 18.2 Å². The van der Waals surface area contributed by atoms with Gasteiger partial charge in [-0.3, -0.25) is 0 Å². The molecule has 0 spiro atoms. The summed E-state index contributed by atoms with van der Waals surface area (Å²) in [6.07, 6.45) is 0. The van der Waals surface area contributed by atoms with E-state index in [-0.39, 0.29) is 18.2 Å². The van der Waals surface area contributed by atoms with Crippen LogP contribution in [-0.4, -0.2) is 29.5 Å². The summed E-state index contributed by atoms with van der Waals surface area (Å²) in [5, 5.41) is 8.86. The SMILES string of the molecule is CCOCOc1ccc(C)nc1C(=O)O. The Morgan fingerprint density at radius 3 is 2.87 bits per heavy atom. The lowest BCUT2D eigenvalue weighted by Crippen LogP contribution is -2.09. The van der Waals surface area contributed by atoms with Crippen LogP contribution in [0.1, 0.15) is 23.1 Å². The van der Waals surface area contributed by atoms with Gasteiger partial charge in [-0.15, -0.1) is 0 Å². The number of rotatable bonds is 5. The van der Waals surface area contributed by atoms with Crippen LogP contribution in [-0.2, 0) is 4.74 Å². The van der Waals surface area contributed by atoms with E-state index in [9.17, 15) is 4.79 Å². The number of pyridine rings is 1. The van der Waals surface area contributed by atoms with E-state index < -0.39 is 5.97 Å². The number of hydrogen-bond donors (Lipinski definition) is 1. The molecule has 0 aliphatic carbocycles. The molecule has 0 aliphatic heterocycles. The highest BCUT2D eigenvalue weighted by molar-refractivity contribution is 5.88. The van der Waals surface area contributed by atoms with Crippen molar-refractivity contribution in [3.8, 4) is 5.75 Å². The average Bonchev–Trinajstić information content (AvgIpc) is 2.20. The zero-order valence-electron chi connectivity index (χ0n) is 8.69. The van der Waals surface area contributed by atoms with Gasteiger partial charge in [0.2, 0.25) is 0 Å². The van der Waals surface area contributed by atoms with E-state index in [0.29, 0.717) is 12.3 Å². The molecule has 1 heterocycles. The minimum Gasteiger partial charge on any atom is -0.476 e. The van der Waals surface area contributed by atoms with E-state index >= 15 is 0 Å². The Balaban J connectivity index is 2.81. The molecule has 0 bridgehead atoms. The molecule has 1 rings (SSSR count). The molecule has 0 amide bonds. The first-order valence-corrected chi connectivity index (χ1v) is 4.56. The summed E-state index contributed by atoms with van der Waals surface area (Å²) < 4.78 is 10.1. The molecule has 0 saturated heterocycles. The molecule has 0 aliphatic rings. The molecular weight excluding hydrogens is 198 g/mol. The van der Waals surface area contributed by atoms with Crippen LogP contribution in [0.5, 0.6) is 5.75 Å². The van der Waals surface area contributed by atoms with Gasteiger partial charge in [-0.1, -0.05) is 0 Å². The number of carboxylic acid groups (broad SMARTS) is 1. The molecule has 0 atom stereocenters. The number of aryl methyl sites for hydroxylation is 1. The largest absolute Gasteiger partial charge is 0.476 e. The normalized spacial score (nSPS) is 10.0. The second kappa shape index (κ2) is 5.31. The Morgan fingerprint density at radius 2 is 2.27 bits per heavy atom. The van der Waals surface area contributed by atoms with Crippen LogP contribution in [0.15, 0.2) is 12.1 Å². The molecule has 0 fully saturated rings. The Kier molecular flexibility index (Phi) is 4.05. The maximum atomic E-state index is 10.8. The number of nitrogens with zero attached hydrogens (tertiary/aromatic N) is 1. The number of ether oxygens (including phenoxy) is 2. The van der Waals surface area contributed by atoms with Crippen LogP contribution in [0.4, 0.5) is 0 Å². The van der Waals surface area contributed by atoms with E-state index in [4.69, 9.17) is 14.6 Å². The lowest BCUT2D eigenvalue weighted by atomic mass is 10.3. The molecule has 1 aromatic rings. The van der Waals surface area contributed by atoms with Crippen molar-refractivity contribution < 1.29 is 19.4 Å². The Morgan fingerprint density at radius 1 is 1.53 bits per heavy atom. The average molecular weight is 211 g/mol. The first-order valence-electron chi connectivity index (χ1n) is 4.56. The lowest BCUT2D eigenvalue weighted by molar-refractivity contribution is 0.0210. The van der Waals surface area contributed by atoms with Crippen LogP contribution in [0, 0.1) is 6.92 Å². The zero-order valence-corrected chi connectivity index (χ0v) is 8.69. The Bertz CT molecular complexity index is 351. The molecule has 0 aromatic carbocycles. The van der Waals surface area contributed by atoms with Gasteiger partial charge in [0, 0.05) is 12.3 Å². The van der Waals surface area contributed by atoms with E-state index in [1.807, 2.05) is 6.92 Å². The van der Waals surface area contributed by atoms with Crippen LogP contribution in [0.25, 0.3) is 0 Å². The number of aromatic carboxylic acids is 1. The third kappa shape index (κ3) is 3.21. The smallest absolute Gasteiger partial charge is 0.358 e. The van der Waals surface area contributed by atoms with Gasteiger partial charge in [0.1, 0.15) is 0 Å². The third-order valence-corrected chi connectivity index (χ3v) is 1.70. The summed E-state index contributed by atoms with van der Waals surface area (Å²) in [7, 11) is 0. The van der Waals surface area contributed by atoms with Gasteiger partial charge in [0.25, 0.3) is 0 Å². The summed E-state index contributed by atoms with van der Waals surface area (Å²) in [5.41, 5.74) is 0.547. The first-order chi connectivity index (χ1) is 7.15. The number of aromatic nitrogens is 1. The van der Waals surface area contributed by atoms with Crippen molar-refractivity contribution in [2.45, 2.75) is 13.8 Å². The Labute approximate surface area is 87.7 Å². The third-order valence-electron chi connectivity index (χ3n) is 1.70. The number of hydrogen-bond acceptors (Lipinski definition) is 4. The summed E-state index contributed by atoms with van der Waals surface area (Å²) in [5.74, 6) is -0.883. The predicted molar refractivity (Wildman–Crippen MR) is 53.1 cm³/mol. The standard InChI is InChI=1S/C10H13NO4/c1-3-14-6-15-8-5-4-7(2)11-9(8)10(12)13/h4-5H,3,6H2,1-2H3,(H,12,13). The van der Waals surface area contributed by atoms with Crippen molar-refractivity contribution in [1.82, 2.24) is 4.98 Å². The van der Waals surface area contributed by atoms with Crippen molar-refractivity contribution in [2.75, 3.05) is 13.4 Å². The molecule has 82 valence electrons. The predicted octanol–water partition coefficient (Wildman–Crippen LogP) is 1.46. The highest BCUT2D eigenvalue weighted by Crippen LogP contribution is 2.16. The van der Waals surface area contributed by atoms with Gasteiger partial charge in [-0.2, -0.15) is 0 Å². The fraction of sp³-hybridized carbons (Fsp3) is 0.400. The minimum atomic E-state index is -1.11. The molecule has 15 heavy (non-hydrogen) atoms. The molecule has 1 aromatic heterocycles. The van der Waals surface area contributed by atoms with Crippen molar-refractivity contribution in [3.63, 3.8) is 0 Å². The quantitative estimate of drug-likeness (QED) is 0.589. The second-order valence-corrected chi connectivity index (χ2v) is 2.86. The summed E-state index contributed by atoms with van der Waals surface area (Å²) >= 11 is 0. The van der Waals surface area contributed by atoms with Gasteiger partial charge >= 0.3 is 5.97 Å². The Hall–Kier alpha value is -1.62. The zero-order chi connectivity index (χ0) is 11.3. The van der Waals surface area contributed by atoms with Crippen LogP contribution in [0.3, 0.4) is 0 Å². The molecule has 0 unspecified atom stereocenters. The molecular formula is C10H13NO4. The molecule has 0 radical (unpaired) electrons. The summed E-state index contributed by atoms with van der Waals surface area (Å²) in [6.45, 7) is 4.09. The van der Waals surface area contributed by atoms with Gasteiger partial charge in [-0.25, -0.2) is 9.78 Å². The number of carbonyl (C=O) groups is 1. The summed E-state index contributed by atoms with van der Waals surface area (Å²) in [6, 6.07) is 3.26. The van der Waals surface area contributed by atoms with Gasteiger partial charge in [0.05, 0.1) is 0 Å². The fourth-order valence-corrected chi connectivity index (χ4v) is 1.00. The monoisotopic (exact) mass is 211 g/mol. The fourth-order valence-electron chi connectivity index (χ4n) is 1.00. The minimum absolute atomic E-state index is 0.0293. The van der Waals surface area contributed by atoms with E-state index in [1.165, 1.54) is 0 Å². The maximum Gasteiger partial charge on any atom is 0.358 e. The number of carboxylic acids is 1. The highest BCUT2D eigenvalue weighted by Gasteiger charge is 2.13. The second-order valence-electron chi connectivity index (χ2n) is 2.86. The van der Waals surface area contributed by atoms with Gasteiger partial charge < -0.3 is 14.6 Å². The van der Waals surface area contributed by atoms with Crippen LogP contribution >= 0.6 is 0 Å². The van der Waals surface area contributed by atoms with E-state index in [1.54, 1.807) is 19.1 Å². The molecule has 1 N–H and O–H groups in total. The molecule has 5 heteroatoms. The van der Waals surface area contributed by atoms with Crippen LogP contribution < -0.4 is 4.74 Å². The lowest BCUT2D eigenvalue weighted by Gasteiger charge is -2.08. The van der Waals surface area contributed by atoms with Gasteiger partial charge in [-0.05, 0) is 26.0 Å². The van der Waals surface area contributed by atoms with E-state index in [2.05, 4.69) is 4.98 Å². The van der Waals surface area contributed by atoms with Crippen LogP contribution in [0.2, 0.25) is 0 Å². The first kappa shape index (κ1) is 11.5. The molecule has 0 saturated carbocycles. The van der Waals surface area contributed by atoms with E-state index in [0.717, 1.165) is 0 Å². The topological polar surface area (TPSA) is 68.7 Å². The van der Waals surface area contributed by atoms with Crippen molar-refractivity contribution >= 4 is 5.97 Å². The maximum absolute atomic E-state index is 10.8. The summed E-state index contributed by atoms with van der Waals surface area (Å²) in [4.78, 5) is 14.7.